The molecule has 7 heteroatoms. The second-order valence-electron chi connectivity index (χ2n) is 8.21. The van der Waals surface area contributed by atoms with Gasteiger partial charge in [-0.1, -0.05) is 23.3 Å². The Morgan fingerprint density at radius 1 is 0.970 bits per heavy atom. The van der Waals surface area contributed by atoms with E-state index in [2.05, 4.69) is 4.98 Å². The van der Waals surface area contributed by atoms with Gasteiger partial charge in [-0.3, -0.25) is 4.79 Å². The van der Waals surface area contributed by atoms with Gasteiger partial charge in [-0.25, -0.2) is 4.98 Å². The molecule has 0 spiro atoms. The first kappa shape index (κ1) is 23.9. The highest BCUT2D eigenvalue weighted by atomic mass is 16.5. The highest BCUT2D eigenvalue weighted by molar-refractivity contribution is 5.93. The van der Waals surface area contributed by atoms with E-state index in [1.807, 2.05) is 39.8 Å². The van der Waals surface area contributed by atoms with Gasteiger partial charge in [0.25, 0.3) is 0 Å². The first-order valence-corrected chi connectivity index (χ1v) is 10.6. The van der Waals surface area contributed by atoms with Gasteiger partial charge < -0.3 is 24.1 Å². The highest BCUT2D eigenvalue weighted by Gasteiger charge is 2.26. The number of hydrogen-bond acceptors (Lipinski definition) is 7. The number of benzene rings is 1. The second-order valence-corrected chi connectivity index (χ2v) is 8.21. The van der Waals surface area contributed by atoms with Crippen LogP contribution in [-0.4, -0.2) is 29.4 Å². The van der Waals surface area contributed by atoms with E-state index in [0.717, 1.165) is 11.1 Å². The van der Waals surface area contributed by atoms with Crippen LogP contribution in [-0.2, 0) is 12.8 Å². The summed E-state index contributed by atoms with van der Waals surface area (Å²) in [5.41, 5.74) is 2.83. The van der Waals surface area contributed by atoms with E-state index in [0.29, 0.717) is 23.4 Å². The number of pyridine rings is 1. The minimum Gasteiger partial charge on any atom is -0.507 e. The molecule has 0 fully saturated rings. The molecule has 2 heterocycles. The Balaban J connectivity index is 2.42. The molecular weight excluding hydrogens is 422 g/mol. The molecule has 0 aliphatic rings. The zero-order chi connectivity index (χ0) is 24.3. The second kappa shape index (κ2) is 9.81. The highest BCUT2D eigenvalue weighted by Crippen LogP contribution is 2.42. The fourth-order valence-electron chi connectivity index (χ4n) is 3.51. The molecule has 0 aliphatic heterocycles. The van der Waals surface area contributed by atoms with Crippen molar-refractivity contribution in [3.8, 4) is 34.5 Å². The van der Waals surface area contributed by atoms with E-state index in [9.17, 15) is 15.0 Å². The fourth-order valence-corrected chi connectivity index (χ4v) is 3.51. The van der Waals surface area contributed by atoms with Crippen molar-refractivity contribution >= 4 is 11.0 Å². The molecule has 3 aromatic rings. The molecule has 0 radical (unpaired) electrons. The molecule has 0 aliphatic carbocycles. The van der Waals surface area contributed by atoms with Crippen molar-refractivity contribution in [3.05, 3.63) is 63.0 Å². The van der Waals surface area contributed by atoms with Gasteiger partial charge in [0, 0.05) is 29.0 Å². The molecule has 0 amide bonds. The quantitative estimate of drug-likeness (QED) is 0.470. The van der Waals surface area contributed by atoms with Gasteiger partial charge in [0.1, 0.15) is 22.5 Å². The monoisotopic (exact) mass is 451 g/mol. The molecule has 0 saturated carbocycles. The van der Waals surface area contributed by atoms with Crippen LogP contribution < -0.4 is 14.9 Å². The summed E-state index contributed by atoms with van der Waals surface area (Å²) in [5.74, 6) is 0.0927. The molecule has 1 aromatic carbocycles. The van der Waals surface area contributed by atoms with Gasteiger partial charge in [0.05, 0.1) is 14.2 Å². The van der Waals surface area contributed by atoms with Gasteiger partial charge in [0.2, 0.25) is 17.1 Å². The third-order valence-electron chi connectivity index (χ3n) is 5.28. The number of phenols is 2. The molecule has 2 aromatic heterocycles. The lowest BCUT2D eigenvalue weighted by Gasteiger charge is -2.16. The van der Waals surface area contributed by atoms with Crippen LogP contribution in [0, 0.1) is 0 Å². The van der Waals surface area contributed by atoms with Crippen molar-refractivity contribution in [2.24, 2.45) is 0 Å². The number of methoxy groups -OCH3 is 2. The Labute approximate surface area is 192 Å². The maximum atomic E-state index is 13.5. The number of rotatable bonds is 7. The van der Waals surface area contributed by atoms with Gasteiger partial charge in [-0.2, -0.15) is 0 Å². The minimum absolute atomic E-state index is 0.0239. The lowest BCUT2D eigenvalue weighted by atomic mass is 9.96. The lowest BCUT2D eigenvalue weighted by molar-refractivity contribution is 0.394. The summed E-state index contributed by atoms with van der Waals surface area (Å²) in [5, 5.41) is 22.1. The third-order valence-corrected chi connectivity index (χ3v) is 5.28. The Kier molecular flexibility index (Phi) is 7.11. The van der Waals surface area contributed by atoms with Crippen LogP contribution in [0.3, 0.4) is 0 Å². The fraction of sp³-hybridized carbons (Fsp3) is 0.308. The molecule has 2 N–H and O–H groups in total. The minimum atomic E-state index is -0.529. The van der Waals surface area contributed by atoms with Crippen LogP contribution >= 0.6 is 0 Å². The lowest BCUT2D eigenvalue weighted by Crippen LogP contribution is -2.10. The summed E-state index contributed by atoms with van der Waals surface area (Å²) in [6.45, 7) is 7.73. The Bertz CT molecular complexity index is 1290. The smallest absolute Gasteiger partial charge is 0.239 e. The first-order chi connectivity index (χ1) is 15.7. The third kappa shape index (κ3) is 4.72. The molecule has 3 rings (SSSR count). The van der Waals surface area contributed by atoms with Crippen molar-refractivity contribution in [2.45, 2.75) is 40.5 Å². The van der Waals surface area contributed by atoms with Crippen molar-refractivity contribution < 1.29 is 24.1 Å². The van der Waals surface area contributed by atoms with E-state index >= 15 is 0 Å². The van der Waals surface area contributed by atoms with E-state index in [-0.39, 0.29) is 46.0 Å². The van der Waals surface area contributed by atoms with Crippen molar-refractivity contribution in [1.82, 2.24) is 4.98 Å². The normalized spacial score (nSPS) is 10.7. The predicted molar refractivity (Wildman–Crippen MR) is 128 cm³/mol. The van der Waals surface area contributed by atoms with E-state index < -0.39 is 5.43 Å². The van der Waals surface area contributed by atoms with Crippen LogP contribution in [0.15, 0.2) is 50.8 Å². The molecule has 7 nitrogen and oxygen atoms in total. The number of phenolic OH excluding ortho intramolecular Hbond substituents is 2. The molecule has 0 bridgehead atoms. The van der Waals surface area contributed by atoms with Gasteiger partial charge >= 0.3 is 0 Å². The Morgan fingerprint density at radius 3 is 2.12 bits per heavy atom. The van der Waals surface area contributed by atoms with Crippen molar-refractivity contribution in [1.29, 1.82) is 0 Å². The summed E-state index contributed by atoms with van der Waals surface area (Å²) in [6.07, 6.45) is 5.90. The number of aromatic hydroxyl groups is 2. The van der Waals surface area contributed by atoms with Gasteiger partial charge in [-0.05, 0) is 46.6 Å². The van der Waals surface area contributed by atoms with Crippen LogP contribution in [0.5, 0.6) is 23.1 Å². The molecular formula is C26H29NO6. The summed E-state index contributed by atoms with van der Waals surface area (Å²) < 4.78 is 16.7. The molecule has 0 unspecified atom stereocenters. The van der Waals surface area contributed by atoms with E-state index in [1.165, 1.54) is 20.4 Å². The molecule has 174 valence electrons. The molecule has 33 heavy (non-hydrogen) atoms. The van der Waals surface area contributed by atoms with E-state index in [1.54, 1.807) is 12.1 Å². The van der Waals surface area contributed by atoms with Crippen LogP contribution in [0.2, 0.25) is 0 Å². The number of aromatic nitrogens is 1. The van der Waals surface area contributed by atoms with Crippen LogP contribution in [0.4, 0.5) is 0 Å². The largest absolute Gasteiger partial charge is 0.507 e. The number of hydrogen-bond donors (Lipinski definition) is 2. The first-order valence-electron chi connectivity index (χ1n) is 10.6. The van der Waals surface area contributed by atoms with Gasteiger partial charge in [-0.15, -0.1) is 0 Å². The van der Waals surface area contributed by atoms with Crippen molar-refractivity contribution in [2.75, 3.05) is 14.2 Å². The number of nitrogens with zero attached hydrogens (tertiary/aromatic N) is 1. The van der Waals surface area contributed by atoms with Crippen LogP contribution in [0.25, 0.3) is 22.3 Å². The molecule has 0 saturated heterocycles. The Hall–Kier alpha value is -3.74. The van der Waals surface area contributed by atoms with E-state index in [4.69, 9.17) is 13.9 Å². The predicted octanol–water partition coefficient (Wildman–Crippen LogP) is 5.30. The molecule has 0 atom stereocenters. The maximum Gasteiger partial charge on any atom is 0.239 e. The zero-order valence-electron chi connectivity index (χ0n) is 19.8. The zero-order valence-corrected chi connectivity index (χ0v) is 19.8. The number of ether oxygens (including phenoxy) is 2. The standard InChI is InChI=1S/C26H29NO6/c1-14(2)7-10-17-21(28)18(11-8-15(3)4)25-20(22(17)29)23(30)26(32-6)24(33-25)16-9-12-19(31-5)27-13-16/h7-9,12-13,28-29H,10-11H2,1-6H3. The average Bonchev–Trinajstić information content (AvgIpc) is 2.78. The topological polar surface area (TPSA) is 102 Å². The van der Waals surface area contributed by atoms with Gasteiger partial charge in [0.15, 0.2) is 5.76 Å². The average molecular weight is 452 g/mol. The Morgan fingerprint density at radius 2 is 1.61 bits per heavy atom. The SMILES string of the molecule is COc1ccc(-c2oc3c(CC=C(C)C)c(O)c(CC=C(C)C)c(O)c3c(=O)c2OC)cn1. The summed E-state index contributed by atoms with van der Waals surface area (Å²) >= 11 is 0. The summed E-state index contributed by atoms with van der Waals surface area (Å²) in [4.78, 5) is 17.7. The summed E-state index contributed by atoms with van der Waals surface area (Å²) in [6, 6.07) is 3.33. The number of allylic oxidation sites excluding steroid dienone is 4. The number of fused-ring (bicyclic) bond motifs is 1. The maximum absolute atomic E-state index is 13.5. The summed E-state index contributed by atoms with van der Waals surface area (Å²) in [7, 11) is 2.87. The van der Waals surface area contributed by atoms with Crippen LogP contribution in [0.1, 0.15) is 38.8 Å². The van der Waals surface area contributed by atoms with Crippen molar-refractivity contribution in [3.63, 3.8) is 0 Å².